The Hall–Kier alpha value is -2.75. The lowest BCUT2D eigenvalue weighted by atomic mass is 10.1. The van der Waals surface area contributed by atoms with E-state index in [4.69, 9.17) is 14.8 Å². The smallest absolute Gasteiger partial charge is 0.138 e. The Morgan fingerprint density at radius 1 is 0.857 bits per heavy atom. The highest BCUT2D eigenvalue weighted by atomic mass is 16.6. The first-order chi connectivity index (χ1) is 10.4. The van der Waals surface area contributed by atoms with Gasteiger partial charge >= 0.3 is 0 Å². The van der Waals surface area contributed by atoms with E-state index in [1.165, 1.54) is 0 Å². The predicted octanol–water partition coefficient (Wildman–Crippen LogP) is 3.40. The fourth-order valence-electron chi connectivity index (χ4n) is 2.60. The molecule has 102 valence electrons. The Balaban J connectivity index is 2.04. The topological polar surface area (TPSA) is 47.4 Å². The molecule has 0 aliphatic heterocycles. The molecule has 0 atom stereocenters. The summed E-state index contributed by atoms with van der Waals surface area (Å²) in [6.07, 6.45) is 0. The normalized spacial score (nSPS) is 14.2. The molecule has 1 aromatic heterocycles. The zero-order valence-corrected chi connectivity index (χ0v) is 11.6. The third kappa shape index (κ3) is 1.80. The highest BCUT2D eigenvalue weighted by Gasteiger charge is 2.28. The molecule has 3 aromatic rings. The van der Waals surface area contributed by atoms with Crippen LogP contribution in [0.15, 0.2) is 53.7 Å². The van der Waals surface area contributed by atoms with E-state index in [0.717, 1.165) is 39.3 Å². The number of benzene rings is 2. The van der Waals surface area contributed by atoms with Crippen LogP contribution in [0.3, 0.4) is 0 Å². The Kier molecular flexibility index (Phi) is 2.67. The van der Waals surface area contributed by atoms with E-state index < -0.39 is 0 Å². The molecule has 0 N–H and O–H groups in total. The van der Waals surface area contributed by atoms with Crippen molar-refractivity contribution in [3.63, 3.8) is 0 Å². The number of oxime groups is 1. The Morgan fingerprint density at radius 3 is 2.19 bits per heavy atom. The lowest BCUT2D eigenvalue weighted by molar-refractivity contribution is 0.159. The number of fused-ring (bicyclic) bond motifs is 4. The molecular formula is C17H13N3O. The van der Waals surface area contributed by atoms with E-state index >= 15 is 0 Å². The van der Waals surface area contributed by atoms with Gasteiger partial charge in [0.1, 0.15) is 18.0 Å². The van der Waals surface area contributed by atoms with Crippen LogP contribution in [-0.4, -0.2) is 22.3 Å². The van der Waals surface area contributed by atoms with Crippen LogP contribution in [0, 0.1) is 0 Å². The first kappa shape index (κ1) is 12.0. The van der Waals surface area contributed by atoms with Crippen molar-refractivity contribution >= 4 is 16.7 Å². The van der Waals surface area contributed by atoms with Crippen LogP contribution >= 0.6 is 0 Å². The van der Waals surface area contributed by atoms with Gasteiger partial charge in [-0.1, -0.05) is 41.6 Å². The third-order valence-electron chi connectivity index (χ3n) is 3.52. The molecule has 0 amide bonds. The quantitative estimate of drug-likeness (QED) is 0.527. The maximum Gasteiger partial charge on any atom is 0.138 e. The van der Waals surface area contributed by atoms with Crippen molar-refractivity contribution in [2.45, 2.75) is 6.92 Å². The number of hydrogen-bond donors (Lipinski definition) is 0. The summed E-state index contributed by atoms with van der Waals surface area (Å²) in [5.74, 6) is 0. The molecule has 0 saturated heterocycles. The van der Waals surface area contributed by atoms with E-state index in [9.17, 15) is 0 Å². The van der Waals surface area contributed by atoms with Crippen LogP contribution in [0.1, 0.15) is 18.2 Å². The van der Waals surface area contributed by atoms with E-state index in [1.807, 2.05) is 55.5 Å². The highest BCUT2D eigenvalue weighted by molar-refractivity contribution is 6.23. The van der Waals surface area contributed by atoms with Gasteiger partial charge in [0.05, 0.1) is 16.7 Å². The number of para-hydroxylation sites is 2. The molecule has 2 aromatic carbocycles. The van der Waals surface area contributed by atoms with Crippen molar-refractivity contribution in [2.24, 2.45) is 5.16 Å². The van der Waals surface area contributed by atoms with Crippen LogP contribution in [0.4, 0.5) is 0 Å². The maximum absolute atomic E-state index is 5.26. The van der Waals surface area contributed by atoms with E-state index in [-0.39, 0.29) is 0 Å². The van der Waals surface area contributed by atoms with E-state index in [0.29, 0.717) is 6.61 Å². The van der Waals surface area contributed by atoms with Gasteiger partial charge in [0, 0.05) is 11.1 Å². The number of aromatic nitrogens is 2. The van der Waals surface area contributed by atoms with Crippen molar-refractivity contribution in [3.05, 3.63) is 59.8 Å². The fraction of sp³-hybridized carbons (Fsp3) is 0.118. The minimum absolute atomic E-state index is 0.530. The van der Waals surface area contributed by atoms with Crippen molar-refractivity contribution in [3.8, 4) is 11.3 Å². The molecule has 0 bridgehead atoms. The number of nitrogens with zero attached hydrogens (tertiary/aromatic N) is 3. The molecule has 0 spiro atoms. The molecule has 4 rings (SSSR count). The molecule has 21 heavy (non-hydrogen) atoms. The summed E-state index contributed by atoms with van der Waals surface area (Å²) in [5.41, 5.74) is 6.28. The third-order valence-corrected chi connectivity index (χ3v) is 3.52. The minimum atomic E-state index is 0.530. The van der Waals surface area contributed by atoms with Gasteiger partial charge in [-0.3, -0.25) is 0 Å². The zero-order valence-electron chi connectivity index (χ0n) is 11.6. The van der Waals surface area contributed by atoms with E-state index in [2.05, 4.69) is 5.16 Å². The van der Waals surface area contributed by atoms with Gasteiger partial charge in [-0.15, -0.1) is 0 Å². The van der Waals surface area contributed by atoms with Crippen LogP contribution < -0.4 is 0 Å². The average Bonchev–Trinajstić information content (AvgIpc) is 2.84. The SMILES string of the molecule is CCO/N=C1\c2ccccc2-c2nc3ccccc3nc21. The van der Waals surface area contributed by atoms with Gasteiger partial charge in [0.15, 0.2) is 0 Å². The van der Waals surface area contributed by atoms with Crippen LogP contribution in [0.2, 0.25) is 0 Å². The largest absolute Gasteiger partial charge is 0.396 e. The Morgan fingerprint density at radius 2 is 1.48 bits per heavy atom. The first-order valence-electron chi connectivity index (χ1n) is 6.95. The first-order valence-corrected chi connectivity index (χ1v) is 6.95. The van der Waals surface area contributed by atoms with Gasteiger partial charge in [0.25, 0.3) is 0 Å². The monoisotopic (exact) mass is 275 g/mol. The second kappa shape index (κ2) is 4.66. The van der Waals surface area contributed by atoms with Crippen LogP contribution in [-0.2, 0) is 4.84 Å². The molecule has 0 unspecified atom stereocenters. The van der Waals surface area contributed by atoms with Crippen molar-refractivity contribution < 1.29 is 4.84 Å². The molecule has 0 saturated carbocycles. The summed E-state index contributed by atoms with van der Waals surface area (Å²) in [7, 11) is 0. The van der Waals surface area contributed by atoms with Gasteiger partial charge in [-0.2, -0.15) is 0 Å². The van der Waals surface area contributed by atoms with Crippen LogP contribution in [0.25, 0.3) is 22.3 Å². The van der Waals surface area contributed by atoms with Gasteiger partial charge in [-0.25, -0.2) is 9.97 Å². The van der Waals surface area contributed by atoms with Crippen molar-refractivity contribution in [1.29, 1.82) is 0 Å². The predicted molar refractivity (Wildman–Crippen MR) is 82.2 cm³/mol. The fourth-order valence-corrected chi connectivity index (χ4v) is 2.60. The van der Waals surface area contributed by atoms with Crippen molar-refractivity contribution in [1.82, 2.24) is 9.97 Å². The molecule has 0 fully saturated rings. The molecule has 4 nitrogen and oxygen atoms in total. The second-order valence-corrected chi connectivity index (χ2v) is 4.81. The maximum atomic E-state index is 5.26. The summed E-state index contributed by atoms with van der Waals surface area (Å²) in [6.45, 7) is 2.44. The van der Waals surface area contributed by atoms with Crippen LogP contribution in [0.5, 0.6) is 0 Å². The van der Waals surface area contributed by atoms with Gasteiger partial charge < -0.3 is 4.84 Å². The molecule has 1 aliphatic rings. The molecule has 1 aliphatic carbocycles. The van der Waals surface area contributed by atoms with E-state index in [1.54, 1.807) is 0 Å². The summed E-state index contributed by atoms with van der Waals surface area (Å²) < 4.78 is 0. The summed E-state index contributed by atoms with van der Waals surface area (Å²) in [5, 5.41) is 4.25. The molecule has 1 heterocycles. The molecule has 4 heteroatoms. The number of rotatable bonds is 2. The lowest BCUT2D eigenvalue weighted by Gasteiger charge is -2.02. The molecular weight excluding hydrogens is 262 g/mol. The zero-order chi connectivity index (χ0) is 14.2. The second-order valence-electron chi connectivity index (χ2n) is 4.81. The van der Waals surface area contributed by atoms with Crippen molar-refractivity contribution in [2.75, 3.05) is 6.61 Å². The average molecular weight is 275 g/mol. The minimum Gasteiger partial charge on any atom is -0.396 e. The summed E-state index contributed by atoms with van der Waals surface area (Å²) in [6, 6.07) is 15.9. The standard InChI is InChI=1S/C17H13N3O/c1-2-21-20-16-12-8-4-3-7-11(12)15-17(16)19-14-10-6-5-9-13(14)18-15/h3-10H,2H2,1H3/b20-16+. The lowest BCUT2D eigenvalue weighted by Crippen LogP contribution is -2.03. The summed E-state index contributed by atoms with van der Waals surface area (Å²) >= 11 is 0. The Bertz CT molecular complexity index is 871. The Labute approximate surface area is 122 Å². The van der Waals surface area contributed by atoms with Gasteiger partial charge in [0.2, 0.25) is 0 Å². The van der Waals surface area contributed by atoms with Gasteiger partial charge in [-0.05, 0) is 19.1 Å². The number of hydrogen-bond acceptors (Lipinski definition) is 4. The molecule has 0 radical (unpaired) electrons. The highest BCUT2D eigenvalue weighted by Crippen LogP contribution is 2.35. The summed E-state index contributed by atoms with van der Waals surface area (Å²) in [4.78, 5) is 14.8.